The van der Waals surface area contributed by atoms with Crippen LogP contribution in [-0.4, -0.2) is 37.6 Å². The quantitative estimate of drug-likeness (QED) is 0.919. The van der Waals surface area contributed by atoms with E-state index in [2.05, 4.69) is 13.0 Å². The van der Waals surface area contributed by atoms with E-state index in [1.807, 2.05) is 23.4 Å². The zero-order chi connectivity index (χ0) is 13.9. The summed E-state index contributed by atoms with van der Waals surface area (Å²) < 4.78 is 5.36. The molecule has 2 rings (SSSR count). The monoisotopic (exact) mass is 282 g/mol. The maximum absolute atomic E-state index is 12.8. The first-order chi connectivity index (χ1) is 9.10. The fourth-order valence-electron chi connectivity index (χ4n) is 2.54. The van der Waals surface area contributed by atoms with Crippen LogP contribution in [0.2, 0.25) is 0 Å². The second-order valence-electron chi connectivity index (χ2n) is 5.20. The molecule has 1 saturated heterocycles. The summed E-state index contributed by atoms with van der Waals surface area (Å²) >= 11 is 1.68. The van der Waals surface area contributed by atoms with Crippen molar-refractivity contribution in [1.29, 1.82) is 0 Å². The van der Waals surface area contributed by atoms with E-state index in [1.165, 1.54) is 4.88 Å². The average molecular weight is 282 g/mol. The standard InChI is InChI=1S/C14H22N2O2S/c1-11(12-4-3-9-19-12)16(2)13(17)14(10-15)5-7-18-8-6-14/h3-4,9,11H,5-8,10,15H2,1-2H3. The van der Waals surface area contributed by atoms with Crippen LogP contribution in [0, 0.1) is 5.41 Å². The molecule has 1 aliphatic rings. The summed E-state index contributed by atoms with van der Waals surface area (Å²) in [6.45, 7) is 3.72. The number of amides is 1. The van der Waals surface area contributed by atoms with Crippen molar-refractivity contribution in [1.82, 2.24) is 4.90 Å². The lowest BCUT2D eigenvalue weighted by Gasteiger charge is -2.39. The molecule has 5 heteroatoms. The highest BCUT2D eigenvalue weighted by Gasteiger charge is 2.41. The van der Waals surface area contributed by atoms with E-state index in [9.17, 15) is 4.79 Å². The first-order valence-corrected chi connectivity index (χ1v) is 7.57. The van der Waals surface area contributed by atoms with E-state index in [-0.39, 0.29) is 11.9 Å². The highest BCUT2D eigenvalue weighted by atomic mass is 32.1. The number of nitrogens with two attached hydrogens (primary N) is 1. The molecule has 1 unspecified atom stereocenters. The topological polar surface area (TPSA) is 55.6 Å². The van der Waals surface area contributed by atoms with E-state index in [1.54, 1.807) is 11.3 Å². The molecule has 1 fully saturated rings. The Labute approximate surface area is 118 Å². The van der Waals surface area contributed by atoms with Crippen LogP contribution >= 0.6 is 11.3 Å². The Balaban J connectivity index is 2.13. The molecule has 0 aliphatic carbocycles. The Morgan fingerprint density at radius 3 is 2.79 bits per heavy atom. The molecule has 0 radical (unpaired) electrons. The van der Waals surface area contributed by atoms with Crippen LogP contribution in [0.15, 0.2) is 17.5 Å². The second-order valence-corrected chi connectivity index (χ2v) is 6.18. The van der Waals surface area contributed by atoms with Crippen LogP contribution in [0.5, 0.6) is 0 Å². The number of carbonyl (C=O) groups excluding carboxylic acids is 1. The van der Waals surface area contributed by atoms with Gasteiger partial charge in [-0.15, -0.1) is 11.3 Å². The highest BCUT2D eigenvalue weighted by molar-refractivity contribution is 7.10. The van der Waals surface area contributed by atoms with Crippen molar-refractivity contribution in [3.63, 3.8) is 0 Å². The van der Waals surface area contributed by atoms with Crippen molar-refractivity contribution < 1.29 is 9.53 Å². The third kappa shape index (κ3) is 2.83. The van der Waals surface area contributed by atoms with Crippen molar-refractivity contribution in [2.75, 3.05) is 26.8 Å². The Bertz CT molecular complexity index is 413. The van der Waals surface area contributed by atoms with Gasteiger partial charge < -0.3 is 15.4 Å². The molecular weight excluding hydrogens is 260 g/mol. The van der Waals surface area contributed by atoms with Gasteiger partial charge in [0.1, 0.15) is 0 Å². The molecule has 1 aromatic heterocycles. The Kier molecular flexibility index (Phi) is 4.60. The minimum Gasteiger partial charge on any atom is -0.381 e. The molecule has 1 amide bonds. The predicted octanol–water partition coefficient (Wildman–Crippen LogP) is 2.02. The molecule has 0 saturated carbocycles. The third-order valence-electron chi connectivity index (χ3n) is 4.15. The first kappa shape index (κ1) is 14.5. The van der Waals surface area contributed by atoms with Gasteiger partial charge in [-0.05, 0) is 31.2 Å². The van der Waals surface area contributed by atoms with Gasteiger partial charge >= 0.3 is 0 Å². The zero-order valence-electron chi connectivity index (χ0n) is 11.6. The van der Waals surface area contributed by atoms with Gasteiger partial charge in [-0.2, -0.15) is 0 Å². The first-order valence-electron chi connectivity index (χ1n) is 6.69. The van der Waals surface area contributed by atoms with Crippen molar-refractivity contribution in [2.24, 2.45) is 11.1 Å². The highest BCUT2D eigenvalue weighted by Crippen LogP contribution is 2.34. The number of rotatable bonds is 4. The lowest BCUT2D eigenvalue weighted by molar-refractivity contribution is -0.147. The SMILES string of the molecule is CC(c1cccs1)N(C)C(=O)C1(CN)CCOCC1. The molecular formula is C14H22N2O2S. The summed E-state index contributed by atoms with van der Waals surface area (Å²) in [5.74, 6) is 0.152. The molecule has 0 spiro atoms. The van der Waals surface area contributed by atoms with Crippen molar-refractivity contribution in [3.05, 3.63) is 22.4 Å². The Morgan fingerprint density at radius 1 is 1.58 bits per heavy atom. The molecule has 0 aromatic carbocycles. The second kappa shape index (κ2) is 6.03. The van der Waals surface area contributed by atoms with Crippen LogP contribution in [-0.2, 0) is 9.53 Å². The summed E-state index contributed by atoms with van der Waals surface area (Å²) in [4.78, 5) is 15.8. The molecule has 1 aliphatic heterocycles. The van der Waals surface area contributed by atoms with Crippen LogP contribution in [0.1, 0.15) is 30.7 Å². The lowest BCUT2D eigenvalue weighted by atomic mass is 9.78. The number of nitrogens with zero attached hydrogens (tertiary/aromatic N) is 1. The maximum atomic E-state index is 12.8. The number of carbonyl (C=O) groups is 1. The number of thiophene rings is 1. The van der Waals surface area contributed by atoms with Gasteiger partial charge in [0.15, 0.2) is 0 Å². The van der Waals surface area contributed by atoms with E-state index in [0.717, 1.165) is 12.8 Å². The number of hydrogen-bond acceptors (Lipinski definition) is 4. The van der Waals surface area contributed by atoms with Crippen LogP contribution in [0.25, 0.3) is 0 Å². The molecule has 2 heterocycles. The largest absolute Gasteiger partial charge is 0.381 e. The summed E-state index contributed by atoms with van der Waals surface area (Å²) in [5.41, 5.74) is 5.46. The minimum absolute atomic E-state index is 0.0961. The maximum Gasteiger partial charge on any atom is 0.230 e. The number of ether oxygens (including phenoxy) is 1. The Hall–Kier alpha value is -0.910. The summed E-state index contributed by atoms with van der Waals surface area (Å²) in [6, 6.07) is 4.18. The van der Waals surface area contributed by atoms with E-state index < -0.39 is 5.41 Å². The van der Waals surface area contributed by atoms with Gasteiger partial charge in [0.25, 0.3) is 0 Å². The molecule has 19 heavy (non-hydrogen) atoms. The van der Waals surface area contributed by atoms with Crippen molar-refractivity contribution in [2.45, 2.75) is 25.8 Å². The molecule has 1 aromatic rings. The molecule has 4 nitrogen and oxygen atoms in total. The third-order valence-corrected chi connectivity index (χ3v) is 5.19. The van der Waals surface area contributed by atoms with Gasteiger partial charge in [-0.3, -0.25) is 4.79 Å². The summed E-state index contributed by atoms with van der Waals surface area (Å²) in [5, 5.41) is 2.04. The van der Waals surface area contributed by atoms with Gasteiger partial charge in [0, 0.05) is 31.7 Å². The van der Waals surface area contributed by atoms with E-state index in [0.29, 0.717) is 19.8 Å². The Morgan fingerprint density at radius 2 is 2.26 bits per heavy atom. The molecule has 106 valence electrons. The van der Waals surface area contributed by atoms with Gasteiger partial charge in [-0.1, -0.05) is 6.07 Å². The van der Waals surface area contributed by atoms with Crippen molar-refractivity contribution in [3.8, 4) is 0 Å². The predicted molar refractivity (Wildman–Crippen MR) is 77.0 cm³/mol. The lowest BCUT2D eigenvalue weighted by Crippen LogP contribution is -2.50. The van der Waals surface area contributed by atoms with Gasteiger partial charge in [0.2, 0.25) is 5.91 Å². The normalized spacial score (nSPS) is 19.9. The van der Waals surface area contributed by atoms with Crippen LogP contribution in [0.4, 0.5) is 0 Å². The summed E-state index contributed by atoms with van der Waals surface area (Å²) in [7, 11) is 1.87. The smallest absolute Gasteiger partial charge is 0.230 e. The van der Waals surface area contributed by atoms with E-state index in [4.69, 9.17) is 10.5 Å². The minimum atomic E-state index is -0.432. The average Bonchev–Trinajstić information content (AvgIpc) is 2.99. The number of hydrogen-bond donors (Lipinski definition) is 1. The van der Waals surface area contributed by atoms with Crippen molar-refractivity contribution >= 4 is 17.2 Å². The van der Waals surface area contributed by atoms with Crippen LogP contribution < -0.4 is 5.73 Å². The van der Waals surface area contributed by atoms with E-state index >= 15 is 0 Å². The summed E-state index contributed by atoms with van der Waals surface area (Å²) in [6.07, 6.45) is 1.45. The molecule has 0 bridgehead atoms. The molecule has 1 atom stereocenters. The molecule has 2 N–H and O–H groups in total. The fourth-order valence-corrected chi connectivity index (χ4v) is 3.36. The van der Waals surface area contributed by atoms with Gasteiger partial charge in [0.05, 0.1) is 11.5 Å². The zero-order valence-corrected chi connectivity index (χ0v) is 12.4. The van der Waals surface area contributed by atoms with Crippen LogP contribution in [0.3, 0.4) is 0 Å². The fraction of sp³-hybridized carbons (Fsp3) is 0.643. The van der Waals surface area contributed by atoms with Gasteiger partial charge in [-0.25, -0.2) is 0 Å².